The van der Waals surface area contributed by atoms with Gasteiger partial charge in [0.1, 0.15) is 0 Å². The van der Waals surface area contributed by atoms with Crippen LogP contribution in [0.4, 0.5) is 0 Å². The van der Waals surface area contributed by atoms with Gasteiger partial charge >= 0.3 is 0 Å². The molecule has 26 heavy (non-hydrogen) atoms. The van der Waals surface area contributed by atoms with Crippen LogP contribution in [0.15, 0.2) is 91.0 Å². The monoisotopic (exact) mass is 360 g/mol. The van der Waals surface area contributed by atoms with E-state index in [-0.39, 0.29) is 11.9 Å². The van der Waals surface area contributed by atoms with Crippen LogP contribution >= 0.6 is 11.6 Å². The van der Waals surface area contributed by atoms with Crippen molar-refractivity contribution in [1.29, 1.82) is 0 Å². The highest BCUT2D eigenvalue weighted by Crippen LogP contribution is 2.32. The lowest BCUT2D eigenvalue weighted by molar-refractivity contribution is 0.0672. The van der Waals surface area contributed by atoms with Crippen molar-refractivity contribution in [3.63, 3.8) is 0 Å². The minimum atomic E-state index is -0.186. The van der Waals surface area contributed by atoms with Crippen molar-refractivity contribution >= 4 is 23.2 Å². The highest BCUT2D eigenvalue weighted by Gasteiger charge is 2.31. The van der Waals surface area contributed by atoms with Gasteiger partial charge in [-0.3, -0.25) is 10.2 Å². The Morgan fingerprint density at radius 1 is 0.846 bits per heavy atom. The lowest BCUT2D eigenvalue weighted by atomic mass is 10.0. The van der Waals surface area contributed by atoms with Gasteiger partial charge in [0, 0.05) is 10.6 Å². The summed E-state index contributed by atoms with van der Waals surface area (Å²) >= 11 is 5.95. The molecule has 0 saturated carbocycles. The standard InChI is InChI=1S/C22H17ClN2O/c23-19-13-11-18(12-14-19)22(26)25-21(17-9-5-2-6-10-17)15-20(24-25)16-7-3-1-4-8-16/h1-15,21,24H/t21-/m0/s1. The molecule has 1 N–H and O–H groups in total. The summed E-state index contributed by atoms with van der Waals surface area (Å²) in [6, 6.07) is 26.7. The second-order valence-electron chi connectivity index (χ2n) is 6.10. The quantitative estimate of drug-likeness (QED) is 0.706. The third-order valence-corrected chi connectivity index (χ3v) is 4.63. The molecule has 0 fully saturated rings. The van der Waals surface area contributed by atoms with Crippen LogP contribution in [0.3, 0.4) is 0 Å². The zero-order chi connectivity index (χ0) is 17.9. The summed E-state index contributed by atoms with van der Waals surface area (Å²) < 4.78 is 0. The normalized spacial score (nSPS) is 16.1. The minimum Gasteiger partial charge on any atom is -0.295 e. The molecule has 0 spiro atoms. The van der Waals surface area contributed by atoms with Gasteiger partial charge in [0.2, 0.25) is 0 Å². The Hall–Kier alpha value is -3.04. The van der Waals surface area contributed by atoms with Crippen LogP contribution in [-0.2, 0) is 0 Å². The zero-order valence-corrected chi connectivity index (χ0v) is 14.7. The van der Waals surface area contributed by atoms with Crippen LogP contribution in [0.1, 0.15) is 27.5 Å². The molecule has 0 saturated heterocycles. The molecule has 0 aromatic heterocycles. The minimum absolute atomic E-state index is 0.0994. The van der Waals surface area contributed by atoms with Crippen molar-refractivity contribution < 1.29 is 4.79 Å². The van der Waals surface area contributed by atoms with Crippen LogP contribution in [0.2, 0.25) is 5.02 Å². The Bertz CT molecular complexity index is 937. The number of carbonyl (C=O) groups is 1. The smallest absolute Gasteiger partial charge is 0.273 e. The number of hydrogen-bond donors (Lipinski definition) is 1. The Labute approximate surface area is 157 Å². The predicted octanol–water partition coefficient (Wildman–Crippen LogP) is 5.08. The first kappa shape index (κ1) is 16.4. The molecule has 3 aromatic carbocycles. The van der Waals surface area contributed by atoms with Crippen LogP contribution in [0, 0.1) is 0 Å². The number of rotatable bonds is 3. The van der Waals surface area contributed by atoms with Gasteiger partial charge in [-0.05, 0) is 41.5 Å². The molecule has 0 unspecified atom stereocenters. The largest absolute Gasteiger partial charge is 0.295 e. The fourth-order valence-corrected chi connectivity index (χ4v) is 3.18. The summed E-state index contributed by atoms with van der Waals surface area (Å²) in [5.41, 5.74) is 6.88. The van der Waals surface area contributed by atoms with Crippen molar-refractivity contribution in [2.75, 3.05) is 0 Å². The third-order valence-electron chi connectivity index (χ3n) is 4.38. The molecular formula is C22H17ClN2O. The van der Waals surface area contributed by atoms with Gasteiger partial charge in [-0.2, -0.15) is 0 Å². The molecule has 0 radical (unpaired) electrons. The molecule has 0 aliphatic carbocycles. The topological polar surface area (TPSA) is 32.3 Å². The Morgan fingerprint density at radius 3 is 2.12 bits per heavy atom. The number of nitrogens with one attached hydrogen (secondary N) is 1. The summed E-state index contributed by atoms with van der Waals surface area (Å²) in [5, 5.41) is 2.28. The Balaban J connectivity index is 1.71. The number of amides is 1. The van der Waals surface area contributed by atoms with Crippen LogP contribution in [0.25, 0.3) is 5.70 Å². The highest BCUT2D eigenvalue weighted by molar-refractivity contribution is 6.30. The molecule has 1 amide bonds. The summed E-state index contributed by atoms with van der Waals surface area (Å²) in [7, 11) is 0. The van der Waals surface area contributed by atoms with Crippen molar-refractivity contribution in [2.45, 2.75) is 6.04 Å². The fraction of sp³-hybridized carbons (Fsp3) is 0.0455. The van der Waals surface area contributed by atoms with Gasteiger partial charge in [0.05, 0.1) is 11.7 Å². The first-order valence-corrected chi connectivity index (χ1v) is 8.78. The highest BCUT2D eigenvalue weighted by atomic mass is 35.5. The zero-order valence-electron chi connectivity index (χ0n) is 14.0. The molecule has 1 aliphatic heterocycles. The van der Waals surface area contributed by atoms with E-state index in [1.165, 1.54) is 0 Å². The number of halogens is 1. The van der Waals surface area contributed by atoms with E-state index in [1.54, 1.807) is 29.3 Å². The van der Waals surface area contributed by atoms with E-state index in [9.17, 15) is 4.79 Å². The molecular weight excluding hydrogens is 344 g/mol. The van der Waals surface area contributed by atoms with Gasteiger partial charge in [0.15, 0.2) is 0 Å². The van der Waals surface area contributed by atoms with E-state index >= 15 is 0 Å². The summed E-state index contributed by atoms with van der Waals surface area (Å²) in [4.78, 5) is 13.1. The molecule has 1 aliphatic rings. The molecule has 1 heterocycles. The van der Waals surface area contributed by atoms with Crippen molar-refractivity contribution in [3.05, 3.63) is 113 Å². The average molecular weight is 361 g/mol. The number of hydrogen-bond acceptors (Lipinski definition) is 2. The van der Waals surface area contributed by atoms with Gasteiger partial charge < -0.3 is 0 Å². The molecule has 4 heteroatoms. The lowest BCUT2D eigenvalue weighted by Crippen LogP contribution is -2.39. The van der Waals surface area contributed by atoms with E-state index in [2.05, 4.69) is 11.5 Å². The van der Waals surface area contributed by atoms with Crippen molar-refractivity contribution in [3.8, 4) is 0 Å². The lowest BCUT2D eigenvalue weighted by Gasteiger charge is -2.25. The fourth-order valence-electron chi connectivity index (χ4n) is 3.05. The van der Waals surface area contributed by atoms with E-state index < -0.39 is 0 Å². The van der Waals surface area contributed by atoms with Gasteiger partial charge in [-0.15, -0.1) is 0 Å². The Morgan fingerprint density at radius 2 is 1.46 bits per heavy atom. The summed E-state index contributed by atoms with van der Waals surface area (Å²) in [6.07, 6.45) is 2.08. The van der Waals surface area contributed by atoms with E-state index in [0.29, 0.717) is 10.6 Å². The predicted molar refractivity (Wildman–Crippen MR) is 104 cm³/mol. The maximum absolute atomic E-state index is 13.1. The summed E-state index contributed by atoms with van der Waals surface area (Å²) in [5.74, 6) is -0.0994. The van der Waals surface area contributed by atoms with E-state index in [4.69, 9.17) is 11.6 Å². The maximum atomic E-state index is 13.1. The van der Waals surface area contributed by atoms with Crippen molar-refractivity contribution in [1.82, 2.24) is 10.4 Å². The van der Waals surface area contributed by atoms with Crippen LogP contribution in [0.5, 0.6) is 0 Å². The molecule has 3 aromatic rings. The number of carbonyl (C=O) groups excluding carboxylic acids is 1. The van der Waals surface area contributed by atoms with E-state index in [1.807, 2.05) is 60.7 Å². The Kier molecular flexibility index (Phi) is 4.46. The SMILES string of the molecule is O=C(c1ccc(Cl)cc1)N1NC(c2ccccc2)=C[C@H]1c1ccccc1. The molecule has 0 bridgehead atoms. The molecule has 3 nitrogen and oxygen atoms in total. The number of hydrazine groups is 1. The van der Waals surface area contributed by atoms with Gasteiger partial charge in [-0.1, -0.05) is 72.3 Å². The van der Waals surface area contributed by atoms with Gasteiger partial charge in [-0.25, -0.2) is 5.01 Å². The molecule has 1 atom stereocenters. The first-order chi connectivity index (χ1) is 12.7. The number of nitrogens with zero attached hydrogens (tertiary/aromatic N) is 1. The second-order valence-corrected chi connectivity index (χ2v) is 6.53. The first-order valence-electron chi connectivity index (χ1n) is 8.40. The molecule has 128 valence electrons. The van der Waals surface area contributed by atoms with Crippen molar-refractivity contribution in [2.24, 2.45) is 0 Å². The number of benzene rings is 3. The van der Waals surface area contributed by atoms with Crippen LogP contribution in [-0.4, -0.2) is 10.9 Å². The van der Waals surface area contributed by atoms with Gasteiger partial charge in [0.25, 0.3) is 5.91 Å². The maximum Gasteiger partial charge on any atom is 0.273 e. The third kappa shape index (κ3) is 3.22. The summed E-state index contributed by atoms with van der Waals surface area (Å²) in [6.45, 7) is 0. The second kappa shape index (κ2) is 7.06. The molecule has 4 rings (SSSR count). The van der Waals surface area contributed by atoms with E-state index in [0.717, 1.165) is 16.8 Å². The van der Waals surface area contributed by atoms with Crippen LogP contribution < -0.4 is 5.43 Å². The average Bonchev–Trinajstić information content (AvgIpc) is 3.15.